The van der Waals surface area contributed by atoms with Gasteiger partial charge >= 0.3 is 0 Å². The highest BCUT2D eigenvalue weighted by atomic mass is 32.2. The molecule has 0 unspecified atom stereocenters. The number of non-ortho nitro benzene ring substituents is 1. The number of unbranched alkanes of at least 4 members (excludes halogenated alkanes) is 2. The molecule has 0 bridgehead atoms. The van der Waals surface area contributed by atoms with E-state index in [1.165, 1.54) is 6.07 Å². The number of nitrogens with zero attached hydrogens (tertiary/aromatic N) is 2. The molecule has 2 aromatic carbocycles. The number of anilines is 1. The fraction of sp³-hybridized carbons (Fsp3) is 0.625. The Kier molecular flexibility index (Phi) is 12.8. The molecule has 0 aliphatic heterocycles. The van der Waals surface area contributed by atoms with E-state index in [1.807, 2.05) is 37.2 Å². The minimum absolute atomic E-state index is 0.00875. The fourth-order valence-corrected chi connectivity index (χ4v) is 7.48. The van der Waals surface area contributed by atoms with E-state index in [2.05, 4.69) is 52.4 Å². The van der Waals surface area contributed by atoms with E-state index in [4.69, 9.17) is 4.43 Å². The maximum atomic E-state index is 14.3. The first-order valence-corrected chi connectivity index (χ1v) is 19.6. The first kappa shape index (κ1) is 35.9. The third-order valence-corrected chi connectivity index (χ3v) is 14.7. The normalized spacial score (nSPS) is 12.9. The van der Waals surface area contributed by atoms with Crippen molar-refractivity contribution in [2.24, 2.45) is 0 Å². The summed E-state index contributed by atoms with van der Waals surface area (Å²) >= 11 is 0. The molecular weight excluding hydrogens is 567 g/mol. The third kappa shape index (κ3) is 9.89. The highest BCUT2D eigenvalue weighted by Gasteiger charge is 2.42. The Hall–Kier alpha value is -2.27. The Morgan fingerprint density at radius 2 is 1.60 bits per heavy atom. The SMILES string of the molecule is CCCCC(CCCC)(CO[Si](C)(C)C(C)(C)C)NS(=O)(=O)c1ccc(N(C)C)cc1CCc1cccc([N+](=O)[O-])c1. The van der Waals surface area contributed by atoms with E-state index in [1.54, 1.807) is 18.2 Å². The van der Waals surface area contributed by atoms with Gasteiger partial charge in [-0.25, -0.2) is 13.1 Å². The molecule has 1 N–H and O–H groups in total. The Morgan fingerprint density at radius 3 is 2.12 bits per heavy atom. The smallest absolute Gasteiger partial charge is 0.269 e. The van der Waals surface area contributed by atoms with Gasteiger partial charge in [-0.3, -0.25) is 10.1 Å². The predicted molar refractivity (Wildman–Crippen MR) is 177 cm³/mol. The van der Waals surface area contributed by atoms with Gasteiger partial charge in [0.1, 0.15) is 0 Å². The average molecular weight is 620 g/mol. The second-order valence-corrected chi connectivity index (χ2v) is 19.7. The number of sulfonamides is 1. The van der Waals surface area contributed by atoms with Crippen molar-refractivity contribution in [1.82, 2.24) is 4.72 Å². The van der Waals surface area contributed by atoms with Crippen molar-refractivity contribution >= 4 is 29.7 Å². The van der Waals surface area contributed by atoms with Gasteiger partial charge < -0.3 is 9.33 Å². The van der Waals surface area contributed by atoms with E-state index in [0.717, 1.165) is 36.9 Å². The number of benzene rings is 2. The van der Waals surface area contributed by atoms with Crippen LogP contribution in [0.15, 0.2) is 47.4 Å². The monoisotopic (exact) mass is 619 g/mol. The summed E-state index contributed by atoms with van der Waals surface area (Å²) < 4.78 is 38.5. The summed E-state index contributed by atoms with van der Waals surface area (Å²) in [5.41, 5.74) is 1.69. The Morgan fingerprint density at radius 1 is 0.976 bits per heavy atom. The van der Waals surface area contributed by atoms with Crippen LogP contribution in [0.3, 0.4) is 0 Å². The zero-order chi connectivity index (χ0) is 31.8. The van der Waals surface area contributed by atoms with Crippen LogP contribution in [0.4, 0.5) is 11.4 Å². The maximum Gasteiger partial charge on any atom is 0.269 e. The second kappa shape index (κ2) is 14.9. The van der Waals surface area contributed by atoms with Crippen molar-refractivity contribution in [3.8, 4) is 0 Å². The summed E-state index contributed by atoms with van der Waals surface area (Å²) in [5, 5.41) is 11.3. The fourth-order valence-electron chi connectivity index (χ4n) is 4.71. The van der Waals surface area contributed by atoms with E-state index < -0.39 is 28.8 Å². The molecule has 0 spiro atoms. The van der Waals surface area contributed by atoms with E-state index in [9.17, 15) is 18.5 Å². The van der Waals surface area contributed by atoms with Crippen molar-refractivity contribution < 1.29 is 17.8 Å². The lowest BCUT2D eigenvalue weighted by molar-refractivity contribution is -0.384. The number of nitro groups is 1. The van der Waals surface area contributed by atoms with Crippen LogP contribution in [0, 0.1) is 10.1 Å². The number of nitrogens with one attached hydrogen (secondary N) is 1. The molecule has 8 nitrogen and oxygen atoms in total. The van der Waals surface area contributed by atoms with E-state index >= 15 is 0 Å². The van der Waals surface area contributed by atoms with E-state index in [0.29, 0.717) is 37.9 Å². The maximum absolute atomic E-state index is 14.3. The number of aryl methyl sites for hydroxylation is 2. The molecule has 0 aromatic heterocycles. The molecule has 2 aromatic rings. The van der Waals surface area contributed by atoms with Crippen molar-refractivity contribution in [2.75, 3.05) is 25.6 Å². The van der Waals surface area contributed by atoms with Crippen LogP contribution < -0.4 is 9.62 Å². The van der Waals surface area contributed by atoms with Gasteiger partial charge in [0.05, 0.1) is 22.0 Å². The van der Waals surface area contributed by atoms with Gasteiger partial charge in [-0.15, -0.1) is 0 Å². The molecule has 0 fully saturated rings. The van der Waals surface area contributed by atoms with Gasteiger partial charge in [-0.2, -0.15) is 0 Å². The average Bonchev–Trinajstić information content (AvgIpc) is 2.91. The predicted octanol–water partition coefficient (Wildman–Crippen LogP) is 7.87. The molecular formula is C32H53N3O5SSi. The number of rotatable bonds is 17. The standard InChI is InChI=1S/C32H53N3O5SSi/c1-10-12-21-32(22-13-11-2,25-40-42(8,9)31(3,4)5)33-41(38,39)30-20-19-28(34(6)7)24-27(30)18-17-26-15-14-16-29(23-26)35(36)37/h14-16,19-20,23-24,33H,10-13,17-18,21-22,25H2,1-9H3. The molecule has 0 atom stereocenters. The van der Waals surface area contributed by atoms with Crippen LogP contribution in [-0.4, -0.2) is 47.9 Å². The van der Waals surface area contributed by atoms with Gasteiger partial charge in [0, 0.05) is 31.9 Å². The van der Waals surface area contributed by atoms with Gasteiger partial charge in [0.25, 0.3) is 5.69 Å². The van der Waals surface area contributed by atoms with Crippen molar-refractivity contribution in [2.45, 2.75) is 115 Å². The lowest BCUT2D eigenvalue weighted by Crippen LogP contribution is -2.55. The third-order valence-electron chi connectivity index (χ3n) is 8.54. The molecule has 0 saturated heterocycles. The van der Waals surface area contributed by atoms with Crippen LogP contribution in [-0.2, 0) is 27.3 Å². The van der Waals surface area contributed by atoms with Crippen LogP contribution >= 0.6 is 0 Å². The number of nitro benzene ring substituents is 1. The first-order valence-electron chi connectivity index (χ1n) is 15.2. The van der Waals surface area contributed by atoms with Crippen LogP contribution in [0.5, 0.6) is 0 Å². The molecule has 10 heteroatoms. The molecule has 236 valence electrons. The molecule has 42 heavy (non-hydrogen) atoms. The summed E-state index contributed by atoms with van der Waals surface area (Å²) in [4.78, 5) is 13.1. The number of hydrogen-bond acceptors (Lipinski definition) is 6. The zero-order valence-electron chi connectivity index (χ0n) is 27.2. The van der Waals surface area contributed by atoms with Crippen LogP contribution in [0.2, 0.25) is 18.1 Å². The highest BCUT2D eigenvalue weighted by molar-refractivity contribution is 7.89. The van der Waals surface area contributed by atoms with Gasteiger partial charge in [0.15, 0.2) is 8.32 Å². The Labute approximate surface area is 255 Å². The largest absolute Gasteiger partial charge is 0.415 e. The zero-order valence-corrected chi connectivity index (χ0v) is 29.1. The topological polar surface area (TPSA) is 102 Å². The molecule has 0 amide bonds. The lowest BCUT2D eigenvalue weighted by atomic mass is 9.89. The van der Waals surface area contributed by atoms with Gasteiger partial charge in [0.2, 0.25) is 10.0 Å². The molecule has 0 heterocycles. The molecule has 0 saturated carbocycles. The van der Waals surface area contributed by atoms with Crippen molar-refractivity contribution in [3.05, 3.63) is 63.7 Å². The summed E-state index contributed by atoms with van der Waals surface area (Å²) in [7, 11) is -2.21. The number of hydrogen-bond donors (Lipinski definition) is 1. The van der Waals surface area contributed by atoms with Gasteiger partial charge in [-0.1, -0.05) is 72.4 Å². The lowest BCUT2D eigenvalue weighted by Gasteiger charge is -2.42. The van der Waals surface area contributed by atoms with Crippen LogP contribution in [0.25, 0.3) is 0 Å². The summed E-state index contributed by atoms with van der Waals surface area (Å²) in [6.45, 7) is 15.6. The van der Waals surface area contributed by atoms with E-state index in [-0.39, 0.29) is 15.6 Å². The van der Waals surface area contributed by atoms with Gasteiger partial charge in [-0.05, 0) is 73.1 Å². The molecule has 2 rings (SSSR count). The quantitative estimate of drug-likeness (QED) is 0.110. The minimum atomic E-state index is -3.92. The second-order valence-electron chi connectivity index (χ2n) is 13.3. The Bertz CT molecular complexity index is 1280. The summed E-state index contributed by atoms with van der Waals surface area (Å²) in [5.74, 6) is 0. The molecule has 0 aliphatic carbocycles. The molecule has 0 aliphatic rings. The van der Waals surface area contributed by atoms with Crippen molar-refractivity contribution in [1.29, 1.82) is 0 Å². The van der Waals surface area contributed by atoms with Crippen LogP contribution in [0.1, 0.15) is 84.3 Å². The first-order chi connectivity index (χ1) is 19.5. The minimum Gasteiger partial charge on any atom is -0.415 e. The molecule has 0 radical (unpaired) electrons. The summed E-state index contributed by atoms with van der Waals surface area (Å²) in [6, 6.07) is 12.0. The van der Waals surface area contributed by atoms with Crippen molar-refractivity contribution in [3.63, 3.8) is 0 Å². The Balaban J connectivity index is 2.53. The highest BCUT2D eigenvalue weighted by Crippen LogP contribution is 2.38. The summed E-state index contributed by atoms with van der Waals surface area (Å²) in [6.07, 6.45) is 6.02.